The number of methoxy groups -OCH3 is 1. The van der Waals surface area contributed by atoms with Gasteiger partial charge >= 0.3 is 5.97 Å². The zero-order valence-corrected chi connectivity index (χ0v) is 19.8. The summed E-state index contributed by atoms with van der Waals surface area (Å²) in [7, 11) is 1.46. The largest absolute Gasteiger partial charge is 0.469 e. The Morgan fingerprint density at radius 3 is 1.28 bits per heavy atom. The molecule has 0 radical (unpaired) electrons. The highest BCUT2D eigenvalue weighted by Gasteiger charge is 1.98. The summed E-state index contributed by atoms with van der Waals surface area (Å²) >= 11 is 0. The number of ether oxygens (including phenoxy) is 1. The lowest BCUT2D eigenvalue weighted by atomic mass is 10.1. The molecule has 0 atom stereocenters. The normalized spacial score (nSPS) is 11.7. The molecule has 2 heteroatoms. The van der Waals surface area contributed by atoms with Gasteiger partial charge < -0.3 is 4.74 Å². The van der Waals surface area contributed by atoms with E-state index in [-0.39, 0.29) is 5.97 Å². The summed E-state index contributed by atoms with van der Waals surface area (Å²) in [5, 5.41) is 0. The molecule has 0 unspecified atom stereocenters. The second-order valence-corrected chi connectivity index (χ2v) is 8.37. The van der Waals surface area contributed by atoms with Crippen LogP contribution < -0.4 is 0 Å². The number of carbonyl (C=O) groups is 1. The van der Waals surface area contributed by atoms with E-state index >= 15 is 0 Å². The van der Waals surface area contributed by atoms with Crippen molar-refractivity contribution >= 4 is 5.97 Å². The average molecular weight is 407 g/mol. The van der Waals surface area contributed by atoms with E-state index < -0.39 is 0 Å². The lowest BCUT2D eigenvalue weighted by Gasteiger charge is -2.00. The predicted octanol–water partition coefficient (Wildman–Crippen LogP) is 9.09. The fourth-order valence-electron chi connectivity index (χ4n) is 3.56. The Morgan fingerprint density at radius 1 is 0.552 bits per heavy atom. The minimum absolute atomic E-state index is 0.0754. The molecule has 0 amide bonds. The van der Waals surface area contributed by atoms with Gasteiger partial charge in [0.25, 0.3) is 0 Å². The molecule has 0 bridgehead atoms. The van der Waals surface area contributed by atoms with Gasteiger partial charge in [-0.15, -0.1) is 0 Å². The molecule has 0 spiro atoms. The van der Waals surface area contributed by atoms with E-state index in [2.05, 4.69) is 36.0 Å². The molecule has 0 heterocycles. The molecule has 2 nitrogen and oxygen atoms in total. The predicted molar refractivity (Wildman–Crippen MR) is 128 cm³/mol. The van der Waals surface area contributed by atoms with Crippen LogP contribution in [0.1, 0.15) is 135 Å². The van der Waals surface area contributed by atoms with Crippen molar-refractivity contribution < 1.29 is 9.53 Å². The van der Waals surface area contributed by atoms with Crippen molar-refractivity contribution in [2.75, 3.05) is 7.11 Å². The number of allylic oxidation sites excluding steroid dienone is 4. The Bertz CT molecular complexity index is 384. The highest BCUT2D eigenvalue weighted by atomic mass is 16.5. The molecule has 0 N–H and O–H groups in total. The fraction of sp³-hybridized carbons (Fsp3) is 0.815. The third kappa shape index (κ3) is 24.9. The van der Waals surface area contributed by atoms with Crippen LogP contribution in [0.3, 0.4) is 0 Å². The van der Waals surface area contributed by atoms with Gasteiger partial charge in [0.05, 0.1) is 7.11 Å². The van der Waals surface area contributed by atoms with Gasteiger partial charge in [-0.25, -0.2) is 0 Å². The maximum atomic E-state index is 11.0. The fourth-order valence-corrected chi connectivity index (χ4v) is 3.56. The first-order valence-corrected chi connectivity index (χ1v) is 12.7. The number of hydrogen-bond acceptors (Lipinski definition) is 2. The zero-order chi connectivity index (χ0) is 21.3. The van der Waals surface area contributed by atoms with E-state index in [0.29, 0.717) is 6.42 Å². The molecular formula is C27H50O2. The lowest BCUT2D eigenvalue weighted by molar-refractivity contribution is -0.140. The van der Waals surface area contributed by atoms with Gasteiger partial charge in [0.1, 0.15) is 0 Å². The van der Waals surface area contributed by atoms with Crippen molar-refractivity contribution in [3.8, 4) is 0 Å². The van der Waals surface area contributed by atoms with Crippen LogP contribution in [0.4, 0.5) is 0 Å². The van der Waals surface area contributed by atoms with E-state index in [4.69, 9.17) is 0 Å². The van der Waals surface area contributed by atoms with Gasteiger partial charge in [0.15, 0.2) is 0 Å². The van der Waals surface area contributed by atoms with Crippen molar-refractivity contribution in [2.45, 2.75) is 135 Å². The Hall–Kier alpha value is -1.05. The molecule has 0 aromatic carbocycles. The molecule has 0 aliphatic rings. The van der Waals surface area contributed by atoms with Crippen LogP contribution in [0.2, 0.25) is 0 Å². The van der Waals surface area contributed by atoms with Crippen LogP contribution in [0.15, 0.2) is 24.3 Å². The molecule has 0 saturated heterocycles. The quantitative estimate of drug-likeness (QED) is 0.102. The van der Waals surface area contributed by atoms with Gasteiger partial charge in [-0.2, -0.15) is 0 Å². The molecule has 0 aliphatic heterocycles. The van der Waals surface area contributed by atoms with Gasteiger partial charge in [-0.1, -0.05) is 95.4 Å². The Labute approximate surface area is 182 Å². The molecule has 0 fully saturated rings. The Kier molecular flexibility index (Phi) is 24.1. The average Bonchev–Trinajstić information content (AvgIpc) is 2.74. The lowest BCUT2D eigenvalue weighted by Crippen LogP contribution is -1.98. The second-order valence-electron chi connectivity index (χ2n) is 8.37. The zero-order valence-electron chi connectivity index (χ0n) is 19.8. The minimum atomic E-state index is -0.0754. The summed E-state index contributed by atoms with van der Waals surface area (Å²) in [6.45, 7) is 2.27. The summed E-state index contributed by atoms with van der Waals surface area (Å²) < 4.78 is 4.65. The summed E-state index contributed by atoms with van der Waals surface area (Å²) in [6.07, 6.45) is 34.9. The number of carbonyl (C=O) groups excluding carboxylic acids is 1. The first kappa shape index (κ1) is 27.9. The van der Waals surface area contributed by atoms with Crippen molar-refractivity contribution in [2.24, 2.45) is 0 Å². The maximum Gasteiger partial charge on any atom is 0.305 e. The van der Waals surface area contributed by atoms with Crippen molar-refractivity contribution in [3.63, 3.8) is 0 Å². The second kappa shape index (κ2) is 25.0. The molecule has 0 rings (SSSR count). The first-order valence-electron chi connectivity index (χ1n) is 12.7. The van der Waals surface area contributed by atoms with Crippen LogP contribution in [0, 0.1) is 0 Å². The maximum absolute atomic E-state index is 11.0. The number of unbranched alkanes of at least 4 members (excludes halogenated alkanes) is 16. The first-order chi connectivity index (χ1) is 14.3. The smallest absolute Gasteiger partial charge is 0.305 e. The van der Waals surface area contributed by atoms with Crippen LogP contribution >= 0.6 is 0 Å². The Morgan fingerprint density at radius 2 is 0.897 bits per heavy atom. The highest BCUT2D eigenvalue weighted by molar-refractivity contribution is 5.68. The van der Waals surface area contributed by atoms with Crippen LogP contribution in [0.5, 0.6) is 0 Å². The van der Waals surface area contributed by atoms with E-state index in [0.717, 1.165) is 12.8 Å². The molecular weight excluding hydrogens is 356 g/mol. The molecule has 0 aliphatic carbocycles. The van der Waals surface area contributed by atoms with Crippen LogP contribution in [-0.2, 0) is 9.53 Å². The molecule has 0 saturated carbocycles. The van der Waals surface area contributed by atoms with Crippen molar-refractivity contribution in [1.29, 1.82) is 0 Å². The van der Waals surface area contributed by atoms with E-state index in [9.17, 15) is 4.79 Å². The highest BCUT2D eigenvalue weighted by Crippen LogP contribution is 2.11. The SMILES string of the molecule is CCCCCC/C=C\CCCCCCCC/C=C\CCCCCCCC(=O)OC. The monoisotopic (exact) mass is 406 g/mol. The summed E-state index contributed by atoms with van der Waals surface area (Å²) in [5.74, 6) is -0.0754. The van der Waals surface area contributed by atoms with Crippen LogP contribution in [0.25, 0.3) is 0 Å². The molecule has 170 valence electrons. The van der Waals surface area contributed by atoms with E-state index in [1.807, 2.05) is 0 Å². The van der Waals surface area contributed by atoms with E-state index in [1.165, 1.54) is 116 Å². The molecule has 29 heavy (non-hydrogen) atoms. The standard InChI is InChI=1S/C27H50O2/c1-3-4-5-6-7-8-9-10-11-12-13-14-15-16-17-18-19-20-21-22-23-24-25-26-27(28)29-2/h8-9,18-19H,3-7,10-17,20-26H2,1-2H3/b9-8-,19-18-. The van der Waals surface area contributed by atoms with Gasteiger partial charge in [-0.3, -0.25) is 4.79 Å². The summed E-state index contributed by atoms with van der Waals surface area (Å²) in [4.78, 5) is 11.0. The number of esters is 1. The van der Waals surface area contributed by atoms with Gasteiger partial charge in [0.2, 0.25) is 0 Å². The van der Waals surface area contributed by atoms with Crippen LogP contribution in [-0.4, -0.2) is 13.1 Å². The van der Waals surface area contributed by atoms with Crippen molar-refractivity contribution in [3.05, 3.63) is 24.3 Å². The van der Waals surface area contributed by atoms with Gasteiger partial charge in [-0.05, 0) is 57.8 Å². The summed E-state index contributed by atoms with van der Waals surface area (Å²) in [6, 6.07) is 0. The molecule has 0 aromatic rings. The summed E-state index contributed by atoms with van der Waals surface area (Å²) in [5.41, 5.74) is 0. The number of hydrogen-bond donors (Lipinski definition) is 0. The Balaban J connectivity index is 3.15. The minimum Gasteiger partial charge on any atom is -0.469 e. The topological polar surface area (TPSA) is 26.3 Å². The molecule has 0 aromatic heterocycles. The van der Waals surface area contributed by atoms with Gasteiger partial charge in [0, 0.05) is 6.42 Å². The third-order valence-corrected chi connectivity index (χ3v) is 5.53. The van der Waals surface area contributed by atoms with Crippen molar-refractivity contribution in [1.82, 2.24) is 0 Å². The van der Waals surface area contributed by atoms with E-state index in [1.54, 1.807) is 0 Å². The number of rotatable bonds is 22. The third-order valence-electron chi connectivity index (χ3n) is 5.53.